The number of aliphatic hydroxyl groups excluding tert-OH is 5. The van der Waals surface area contributed by atoms with E-state index in [9.17, 15) is 35.1 Å². The minimum Gasteiger partial charge on any atom is -0.454 e. The quantitative estimate of drug-likeness (QED) is 0.0149. The SMILES string of the molecule is CC/C=C/C=C/C=C\C=C/CCCCCC(=O)OC1C(OCC(NC(=O)C(O)CCCCCCCCCCCC/C=C\C/C=C\CCCCC)C(O)/C=C/CCCCCCCCCCC)OC(CO)C(O)C1O. The molecule has 0 saturated carbocycles. The summed E-state index contributed by atoms with van der Waals surface area (Å²) in [6.07, 6.45) is 53.5. The molecule has 11 heteroatoms. The number of ether oxygens (including phenoxy) is 3. The molecule has 0 aromatic heterocycles. The molecule has 1 rings (SSSR count). The Balaban J connectivity index is 2.70. The lowest BCUT2D eigenvalue weighted by Gasteiger charge is -2.41. The average Bonchev–Trinajstić information content (AvgIpc) is 3.39. The van der Waals surface area contributed by atoms with Crippen LogP contribution in [0.25, 0.3) is 0 Å². The van der Waals surface area contributed by atoms with Crippen molar-refractivity contribution in [2.45, 2.75) is 282 Å². The summed E-state index contributed by atoms with van der Waals surface area (Å²) in [6.45, 7) is 5.57. The van der Waals surface area contributed by atoms with Gasteiger partial charge in [-0.3, -0.25) is 9.59 Å². The molecule has 1 aliphatic rings. The zero-order valence-electron chi connectivity index (χ0n) is 46.2. The Morgan fingerprint density at radius 2 is 1.04 bits per heavy atom. The third-order valence-corrected chi connectivity index (χ3v) is 13.4. The van der Waals surface area contributed by atoms with Crippen LogP contribution >= 0.6 is 0 Å². The Hall–Kier alpha value is -3.16. The highest BCUT2D eigenvalue weighted by atomic mass is 16.7. The van der Waals surface area contributed by atoms with Crippen molar-refractivity contribution < 1.29 is 49.3 Å². The van der Waals surface area contributed by atoms with Gasteiger partial charge in [0.25, 0.3) is 0 Å². The number of allylic oxidation sites excluding steroid dienone is 13. The molecule has 0 radical (unpaired) electrons. The monoisotopic (exact) mass is 1030 g/mol. The average molecular weight is 1030 g/mol. The molecule has 6 N–H and O–H groups in total. The molecule has 1 saturated heterocycles. The molecule has 11 nitrogen and oxygen atoms in total. The van der Waals surface area contributed by atoms with Crippen molar-refractivity contribution in [3.8, 4) is 0 Å². The predicted octanol–water partition coefficient (Wildman–Crippen LogP) is 13.4. The van der Waals surface area contributed by atoms with Gasteiger partial charge < -0.3 is 45.1 Å². The Kier molecular flexibility index (Phi) is 46.2. The van der Waals surface area contributed by atoms with E-state index in [1.165, 1.54) is 103 Å². The maximum Gasteiger partial charge on any atom is 0.306 e. The van der Waals surface area contributed by atoms with E-state index in [4.69, 9.17) is 14.2 Å². The van der Waals surface area contributed by atoms with Crippen molar-refractivity contribution in [3.63, 3.8) is 0 Å². The van der Waals surface area contributed by atoms with E-state index in [2.05, 4.69) is 62.5 Å². The van der Waals surface area contributed by atoms with E-state index in [-0.39, 0.29) is 19.4 Å². The van der Waals surface area contributed by atoms with E-state index >= 15 is 0 Å². The summed E-state index contributed by atoms with van der Waals surface area (Å²) in [5.74, 6) is -1.24. The molecule has 8 unspecified atom stereocenters. The van der Waals surface area contributed by atoms with Crippen molar-refractivity contribution in [2.75, 3.05) is 13.2 Å². The topological polar surface area (TPSA) is 175 Å². The van der Waals surface area contributed by atoms with E-state index in [0.717, 1.165) is 83.5 Å². The van der Waals surface area contributed by atoms with Gasteiger partial charge in [0.15, 0.2) is 12.4 Å². The molecule has 73 heavy (non-hydrogen) atoms. The number of hydrogen-bond donors (Lipinski definition) is 6. The van der Waals surface area contributed by atoms with Crippen LogP contribution in [-0.4, -0.2) is 99.6 Å². The van der Waals surface area contributed by atoms with Crippen molar-refractivity contribution in [1.82, 2.24) is 5.32 Å². The second-order valence-electron chi connectivity index (χ2n) is 20.1. The van der Waals surface area contributed by atoms with Gasteiger partial charge in [-0.25, -0.2) is 0 Å². The first-order chi connectivity index (χ1) is 35.7. The summed E-state index contributed by atoms with van der Waals surface area (Å²) >= 11 is 0. The number of hydrogen-bond acceptors (Lipinski definition) is 10. The Morgan fingerprint density at radius 3 is 1.62 bits per heavy atom. The zero-order chi connectivity index (χ0) is 53.3. The maximum atomic E-state index is 13.4. The van der Waals surface area contributed by atoms with Crippen molar-refractivity contribution in [2.24, 2.45) is 0 Å². The largest absolute Gasteiger partial charge is 0.454 e. The summed E-state index contributed by atoms with van der Waals surface area (Å²) in [7, 11) is 0. The van der Waals surface area contributed by atoms with E-state index in [1.807, 2.05) is 42.5 Å². The molecule has 0 aromatic carbocycles. The standard InChI is InChI=1S/C62H107NO10/c1-4-7-10-13-16-19-22-24-25-26-27-28-29-30-32-34-37-40-43-46-49-55(66)61(70)63-53(54(65)48-45-42-39-36-33-21-18-15-12-9-6-3)52-71-62-60(59(69)58(68)56(51-64)72-62)73-57(67)50-47-44-41-38-35-31-23-20-17-14-11-8-5-2/h8,11,14,16-17,19-20,23-25,31,35,45,48,53-56,58-60,62,64-66,68-69H,4-7,9-10,12-13,15,18,21-22,26-30,32-34,36-44,46-47,49-52H2,1-3H3,(H,63,70)/b11-8+,17-14+,19-16-,23-20-,25-24-,35-31-,48-45+. The van der Waals surface area contributed by atoms with Gasteiger partial charge in [-0.1, -0.05) is 234 Å². The van der Waals surface area contributed by atoms with Gasteiger partial charge in [-0.05, 0) is 77.0 Å². The first kappa shape index (κ1) is 67.9. The smallest absolute Gasteiger partial charge is 0.306 e. The molecule has 0 aliphatic carbocycles. The number of carbonyl (C=O) groups is 2. The normalized spacial score (nSPS) is 20.0. The van der Waals surface area contributed by atoms with Crippen LogP contribution < -0.4 is 5.32 Å². The predicted molar refractivity (Wildman–Crippen MR) is 301 cm³/mol. The minimum atomic E-state index is -1.63. The molecule has 1 fully saturated rings. The van der Waals surface area contributed by atoms with Gasteiger partial charge in [0.1, 0.15) is 24.4 Å². The molecule has 0 bridgehead atoms. The molecule has 1 heterocycles. The third-order valence-electron chi connectivity index (χ3n) is 13.4. The fourth-order valence-corrected chi connectivity index (χ4v) is 8.69. The van der Waals surface area contributed by atoms with Crippen LogP contribution in [0.4, 0.5) is 0 Å². The molecule has 0 aromatic rings. The Labute approximate surface area is 444 Å². The van der Waals surface area contributed by atoms with E-state index in [1.54, 1.807) is 6.08 Å². The number of carbonyl (C=O) groups excluding carboxylic acids is 2. The number of unbranched alkanes of at least 4 members (excludes halogenated alkanes) is 25. The molecule has 0 spiro atoms. The molecule has 1 aliphatic heterocycles. The lowest BCUT2D eigenvalue weighted by molar-refractivity contribution is -0.305. The Morgan fingerprint density at radius 1 is 0.562 bits per heavy atom. The fraction of sp³-hybridized carbons (Fsp3) is 0.742. The van der Waals surface area contributed by atoms with Gasteiger partial charge in [0, 0.05) is 6.42 Å². The van der Waals surface area contributed by atoms with Crippen LogP contribution in [0.1, 0.15) is 233 Å². The number of esters is 1. The highest BCUT2D eigenvalue weighted by Crippen LogP contribution is 2.26. The van der Waals surface area contributed by atoms with E-state index < -0.39 is 67.4 Å². The lowest BCUT2D eigenvalue weighted by atomic mass is 9.99. The van der Waals surface area contributed by atoms with Gasteiger partial charge in [0.05, 0.1) is 25.4 Å². The van der Waals surface area contributed by atoms with Crippen LogP contribution in [0.15, 0.2) is 85.1 Å². The minimum absolute atomic E-state index is 0.0741. The van der Waals surface area contributed by atoms with Gasteiger partial charge in [0.2, 0.25) is 5.91 Å². The third kappa shape index (κ3) is 38.1. The van der Waals surface area contributed by atoms with Gasteiger partial charge >= 0.3 is 5.97 Å². The van der Waals surface area contributed by atoms with Gasteiger partial charge in [-0.15, -0.1) is 0 Å². The highest BCUT2D eigenvalue weighted by molar-refractivity contribution is 5.80. The number of aliphatic hydroxyl groups is 5. The van der Waals surface area contributed by atoms with Crippen LogP contribution in [0.5, 0.6) is 0 Å². The van der Waals surface area contributed by atoms with Crippen LogP contribution in [0.2, 0.25) is 0 Å². The van der Waals surface area contributed by atoms with E-state index in [0.29, 0.717) is 12.8 Å². The summed E-state index contributed by atoms with van der Waals surface area (Å²) in [5, 5.41) is 56.8. The van der Waals surface area contributed by atoms with Crippen molar-refractivity contribution >= 4 is 11.9 Å². The molecule has 1 amide bonds. The molecule has 8 atom stereocenters. The second-order valence-corrected chi connectivity index (χ2v) is 20.1. The zero-order valence-corrected chi connectivity index (χ0v) is 46.2. The van der Waals surface area contributed by atoms with Crippen LogP contribution in [0, 0.1) is 0 Å². The molecular formula is C62H107NO10. The van der Waals surface area contributed by atoms with Crippen LogP contribution in [-0.2, 0) is 23.8 Å². The fourth-order valence-electron chi connectivity index (χ4n) is 8.69. The summed E-state index contributed by atoms with van der Waals surface area (Å²) in [6, 6.07) is -1.04. The highest BCUT2D eigenvalue weighted by Gasteiger charge is 2.47. The maximum absolute atomic E-state index is 13.4. The Bertz CT molecular complexity index is 1510. The van der Waals surface area contributed by atoms with Crippen LogP contribution in [0.3, 0.4) is 0 Å². The van der Waals surface area contributed by atoms with Crippen molar-refractivity contribution in [1.29, 1.82) is 0 Å². The van der Waals surface area contributed by atoms with Crippen molar-refractivity contribution in [3.05, 3.63) is 85.1 Å². The first-order valence-corrected chi connectivity index (χ1v) is 29.4. The van der Waals surface area contributed by atoms with Gasteiger partial charge in [-0.2, -0.15) is 0 Å². The summed E-state index contributed by atoms with van der Waals surface area (Å²) in [5.41, 5.74) is 0. The summed E-state index contributed by atoms with van der Waals surface area (Å²) < 4.78 is 17.5. The first-order valence-electron chi connectivity index (χ1n) is 29.4. The second kappa shape index (κ2) is 49.7. The molecular weight excluding hydrogens is 919 g/mol. The number of amides is 1. The lowest BCUT2D eigenvalue weighted by Crippen LogP contribution is -2.61. The summed E-state index contributed by atoms with van der Waals surface area (Å²) in [4.78, 5) is 26.4. The molecule has 420 valence electrons. The number of nitrogens with one attached hydrogen (secondary N) is 1. The number of rotatable bonds is 48.